The Morgan fingerprint density at radius 3 is 3.16 bits per heavy atom. The topological polar surface area (TPSA) is 69.6 Å². The zero-order valence-electron chi connectivity index (χ0n) is 10.1. The van der Waals surface area contributed by atoms with Gasteiger partial charge in [0.1, 0.15) is 17.8 Å². The Labute approximate surface area is 113 Å². The van der Waals surface area contributed by atoms with Gasteiger partial charge in [0.15, 0.2) is 5.82 Å². The number of thiazole rings is 1. The Kier molecular flexibility index (Phi) is 2.44. The van der Waals surface area contributed by atoms with Crippen LogP contribution in [0, 0.1) is 0 Å². The highest BCUT2D eigenvalue weighted by Gasteiger charge is 2.28. The maximum atomic E-state index is 5.06. The van der Waals surface area contributed by atoms with E-state index in [4.69, 9.17) is 4.42 Å². The number of hydrogen-bond acceptors (Lipinski definition) is 6. The SMILES string of the molecule is c1cc(-c2nc(Cn3nnc(C4CC4)n3)cs2)co1. The molecule has 0 amide bonds. The van der Waals surface area contributed by atoms with Gasteiger partial charge in [0.2, 0.25) is 0 Å². The van der Waals surface area contributed by atoms with Gasteiger partial charge < -0.3 is 4.42 Å². The van der Waals surface area contributed by atoms with Crippen molar-refractivity contribution >= 4 is 11.3 Å². The van der Waals surface area contributed by atoms with E-state index in [2.05, 4.69) is 20.4 Å². The lowest BCUT2D eigenvalue weighted by molar-refractivity contribution is 0.563. The summed E-state index contributed by atoms with van der Waals surface area (Å²) in [7, 11) is 0. The minimum absolute atomic E-state index is 0.533. The molecular weight excluding hydrogens is 262 g/mol. The van der Waals surface area contributed by atoms with Crippen LogP contribution >= 0.6 is 11.3 Å². The number of nitrogens with zero attached hydrogens (tertiary/aromatic N) is 5. The number of hydrogen-bond donors (Lipinski definition) is 0. The highest BCUT2D eigenvalue weighted by atomic mass is 32.1. The molecule has 0 atom stereocenters. The number of aromatic nitrogens is 5. The Bertz CT molecular complexity index is 683. The lowest BCUT2D eigenvalue weighted by Gasteiger charge is -1.93. The predicted molar refractivity (Wildman–Crippen MR) is 68.7 cm³/mol. The lowest BCUT2D eigenvalue weighted by Crippen LogP contribution is -2.04. The maximum Gasteiger partial charge on any atom is 0.177 e. The third kappa shape index (κ3) is 2.17. The predicted octanol–water partition coefficient (Wildman–Crippen LogP) is 2.32. The fourth-order valence-electron chi connectivity index (χ4n) is 1.87. The van der Waals surface area contributed by atoms with Gasteiger partial charge in [0.25, 0.3) is 0 Å². The summed E-state index contributed by atoms with van der Waals surface area (Å²) in [5.74, 6) is 1.40. The van der Waals surface area contributed by atoms with Crippen LogP contribution < -0.4 is 0 Å². The second kappa shape index (κ2) is 4.27. The zero-order chi connectivity index (χ0) is 12.7. The summed E-state index contributed by atoms with van der Waals surface area (Å²) >= 11 is 1.59. The quantitative estimate of drug-likeness (QED) is 0.729. The van der Waals surface area contributed by atoms with Crippen molar-refractivity contribution in [3.63, 3.8) is 0 Å². The van der Waals surface area contributed by atoms with Crippen molar-refractivity contribution < 1.29 is 4.42 Å². The molecule has 0 unspecified atom stereocenters. The van der Waals surface area contributed by atoms with E-state index in [-0.39, 0.29) is 0 Å². The first kappa shape index (κ1) is 10.9. The Balaban J connectivity index is 1.52. The van der Waals surface area contributed by atoms with Crippen LogP contribution in [0.2, 0.25) is 0 Å². The van der Waals surface area contributed by atoms with E-state index in [0.717, 1.165) is 22.1 Å². The van der Waals surface area contributed by atoms with Crippen molar-refractivity contribution in [2.75, 3.05) is 0 Å². The summed E-state index contributed by atoms with van der Waals surface area (Å²) in [5, 5.41) is 15.5. The Morgan fingerprint density at radius 2 is 2.37 bits per heavy atom. The second-order valence-electron chi connectivity index (χ2n) is 4.61. The molecule has 1 saturated carbocycles. The summed E-state index contributed by atoms with van der Waals surface area (Å²) in [5.41, 5.74) is 1.95. The highest BCUT2D eigenvalue weighted by Crippen LogP contribution is 2.37. The van der Waals surface area contributed by atoms with Gasteiger partial charge in [-0.05, 0) is 24.1 Å². The van der Waals surface area contributed by atoms with E-state index in [9.17, 15) is 0 Å². The average molecular weight is 273 g/mol. The number of furan rings is 1. The highest BCUT2D eigenvalue weighted by molar-refractivity contribution is 7.13. The minimum atomic E-state index is 0.533. The van der Waals surface area contributed by atoms with Crippen molar-refractivity contribution in [3.05, 3.63) is 35.5 Å². The van der Waals surface area contributed by atoms with Crippen LogP contribution in [-0.4, -0.2) is 25.2 Å². The standard InChI is InChI=1S/C12H11N5OS/c1-2-8(1)11-14-16-17(15-11)5-10-7-19-12(13-10)9-3-4-18-6-9/h3-4,6-8H,1-2,5H2. The first-order valence-corrected chi connectivity index (χ1v) is 7.01. The average Bonchev–Trinajstić information content (AvgIpc) is 2.90. The molecule has 7 heteroatoms. The summed E-state index contributed by atoms with van der Waals surface area (Å²) in [4.78, 5) is 6.16. The molecule has 1 aliphatic rings. The van der Waals surface area contributed by atoms with Gasteiger partial charge in [-0.2, -0.15) is 4.80 Å². The third-order valence-corrected chi connectivity index (χ3v) is 3.97. The molecule has 0 radical (unpaired) electrons. The monoisotopic (exact) mass is 273 g/mol. The van der Waals surface area contributed by atoms with Crippen LogP contribution in [-0.2, 0) is 6.54 Å². The van der Waals surface area contributed by atoms with Gasteiger partial charge in [-0.15, -0.1) is 21.5 Å². The molecule has 3 aromatic rings. The fourth-order valence-corrected chi connectivity index (χ4v) is 2.67. The van der Waals surface area contributed by atoms with Crippen LogP contribution in [0.5, 0.6) is 0 Å². The lowest BCUT2D eigenvalue weighted by atomic mass is 10.3. The molecule has 19 heavy (non-hydrogen) atoms. The maximum absolute atomic E-state index is 5.06. The smallest absolute Gasteiger partial charge is 0.177 e. The molecule has 0 bridgehead atoms. The van der Waals surface area contributed by atoms with Crippen LogP contribution in [0.25, 0.3) is 10.6 Å². The van der Waals surface area contributed by atoms with Crippen LogP contribution in [0.3, 0.4) is 0 Å². The van der Waals surface area contributed by atoms with Gasteiger partial charge in [-0.25, -0.2) is 4.98 Å². The molecule has 3 aromatic heterocycles. The summed E-state index contributed by atoms with van der Waals surface area (Å²) in [6, 6.07) is 1.90. The normalized spacial score (nSPS) is 14.9. The number of tetrazole rings is 1. The molecular formula is C12H11N5OS. The van der Waals surface area contributed by atoms with Crippen molar-refractivity contribution in [3.8, 4) is 10.6 Å². The van der Waals surface area contributed by atoms with E-state index in [1.54, 1.807) is 28.7 Å². The largest absolute Gasteiger partial charge is 0.472 e. The van der Waals surface area contributed by atoms with Gasteiger partial charge in [-0.1, -0.05) is 0 Å². The van der Waals surface area contributed by atoms with Crippen molar-refractivity contribution in [2.45, 2.75) is 25.3 Å². The molecule has 3 heterocycles. The van der Waals surface area contributed by atoms with Crippen LogP contribution in [0.4, 0.5) is 0 Å². The van der Waals surface area contributed by atoms with E-state index in [0.29, 0.717) is 12.5 Å². The molecule has 0 N–H and O–H groups in total. The Hall–Kier alpha value is -2.02. The van der Waals surface area contributed by atoms with Crippen molar-refractivity contribution in [2.24, 2.45) is 0 Å². The third-order valence-electron chi connectivity index (χ3n) is 3.03. The van der Waals surface area contributed by atoms with Crippen molar-refractivity contribution in [1.82, 2.24) is 25.2 Å². The first-order chi connectivity index (χ1) is 9.38. The molecule has 0 saturated heterocycles. The van der Waals surface area contributed by atoms with Gasteiger partial charge in [0, 0.05) is 16.9 Å². The minimum Gasteiger partial charge on any atom is -0.472 e. The summed E-state index contributed by atoms with van der Waals surface area (Å²) < 4.78 is 5.06. The molecule has 6 nitrogen and oxygen atoms in total. The van der Waals surface area contributed by atoms with Crippen molar-refractivity contribution in [1.29, 1.82) is 0 Å². The summed E-state index contributed by atoms with van der Waals surface area (Å²) in [6.07, 6.45) is 5.72. The Morgan fingerprint density at radius 1 is 1.42 bits per heavy atom. The molecule has 1 fully saturated rings. The second-order valence-corrected chi connectivity index (χ2v) is 5.47. The number of rotatable bonds is 4. The van der Waals surface area contributed by atoms with E-state index in [1.165, 1.54) is 12.8 Å². The molecule has 0 aromatic carbocycles. The fraction of sp³-hybridized carbons (Fsp3) is 0.333. The molecule has 0 aliphatic heterocycles. The van der Waals surface area contributed by atoms with E-state index in [1.807, 2.05) is 11.4 Å². The van der Waals surface area contributed by atoms with Crippen LogP contribution in [0.15, 0.2) is 28.4 Å². The van der Waals surface area contributed by atoms with Gasteiger partial charge in [-0.3, -0.25) is 0 Å². The zero-order valence-corrected chi connectivity index (χ0v) is 10.9. The summed E-state index contributed by atoms with van der Waals surface area (Å²) in [6.45, 7) is 0.564. The molecule has 1 aliphatic carbocycles. The van der Waals surface area contributed by atoms with Crippen LogP contribution in [0.1, 0.15) is 30.3 Å². The van der Waals surface area contributed by atoms with E-state index >= 15 is 0 Å². The molecule has 4 rings (SSSR count). The molecule has 96 valence electrons. The molecule has 0 spiro atoms. The van der Waals surface area contributed by atoms with E-state index < -0.39 is 0 Å². The first-order valence-electron chi connectivity index (χ1n) is 6.13. The van der Waals surface area contributed by atoms with Gasteiger partial charge >= 0.3 is 0 Å². The van der Waals surface area contributed by atoms with Gasteiger partial charge in [0.05, 0.1) is 12.0 Å².